The van der Waals surface area contributed by atoms with Crippen LogP contribution in [0.5, 0.6) is 0 Å². The molecule has 3 nitrogen and oxygen atoms in total. The van der Waals surface area contributed by atoms with Crippen LogP contribution in [0.1, 0.15) is 0 Å². The Balaban J connectivity index is 2.38. The van der Waals surface area contributed by atoms with Crippen LogP contribution in [-0.2, 0) is 4.79 Å². The maximum atomic E-state index is 10.9. The largest absolute Gasteiger partial charge is 0.316 e. The lowest BCUT2D eigenvalue weighted by Crippen LogP contribution is -2.12. The molecule has 0 aromatic rings. The highest BCUT2D eigenvalue weighted by Crippen LogP contribution is 2.30. The normalized spacial score (nSPS) is 19.6. The Morgan fingerprint density at radius 3 is 3.25 bits per heavy atom. The smallest absolute Gasteiger partial charge is 0.254 e. The van der Waals surface area contributed by atoms with E-state index in [1.54, 1.807) is 18.4 Å². The Hall–Kier alpha value is -0.870. The van der Waals surface area contributed by atoms with Gasteiger partial charge >= 0.3 is 0 Å². The lowest BCUT2D eigenvalue weighted by atomic mass is 10.1. The lowest BCUT2D eigenvalue weighted by molar-refractivity contribution is -0.108. The van der Waals surface area contributed by atoms with Crippen molar-refractivity contribution in [2.75, 3.05) is 0 Å². The molecule has 2 heterocycles. The molecule has 0 fully saturated rings. The third-order valence-corrected chi connectivity index (χ3v) is 2.50. The van der Waals surface area contributed by atoms with Crippen LogP contribution in [0.15, 0.2) is 35.8 Å². The minimum atomic E-state index is -0.431. The average molecular weight is 201 g/mol. The fourth-order valence-corrected chi connectivity index (χ4v) is 1.85. The maximum Gasteiger partial charge on any atom is 0.254 e. The molecular weight excluding hydrogens is 196 g/mol. The molecule has 12 heavy (non-hydrogen) atoms. The summed E-state index contributed by atoms with van der Waals surface area (Å²) in [6.07, 6.45) is 7.10. The van der Waals surface area contributed by atoms with Crippen LogP contribution in [0, 0.1) is 0 Å². The Morgan fingerprint density at radius 1 is 1.67 bits per heavy atom. The first-order valence-electron chi connectivity index (χ1n) is 3.29. The monoisotopic (exact) mass is 200 g/mol. The van der Waals surface area contributed by atoms with Crippen LogP contribution in [0.2, 0.25) is 0 Å². The first-order valence-corrected chi connectivity index (χ1v) is 4.45. The van der Waals surface area contributed by atoms with Crippen LogP contribution in [0.3, 0.4) is 0 Å². The van der Waals surface area contributed by atoms with E-state index in [2.05, 4.69) is 4.72 Å². The minimum Gasteiger partial charge on any atom is -0.316 e. The summed E-state index contributed by atoms with van der Waals surface area (Å²) in [5, 5.41) is -0.431. The van der Waals surface area contributed by atoms with Gasteiger partial charge in [-0.2, -0.15) is 0 Å². The zero-order valence-electron chi connectivity index (χ0n) is 5.95. The van der Waals surface area contributed by atoms with Gasteiger partial charge in [0.1, 0.15) is 0 Å². The third-order valence-electron chi connectivity index (χ3n) is 1.56. The van der Waals surface area contributed by atoms with Crippen molar-refractivity contribution < 1.29 is 4.79 Å². The molecule has 0 saturated heterocycles. The number of hydrogen-bond acceptors (Lipinski definition) is 4. The van der Waals surface area contributed by atoms with Crippen molar-refractivity contribution in [3.05, 3.63) is 35.8 Å². The molecule has 0 aromatic heterocycles. The highest BCUT2D eigenvalue weighted by atomic mass is 35.5. The zero-order valence-corrected chi connectivity index (χ0v) is 7.52. The summed E-state index contributed by atoms with van der Waals surface area (Å²) >= 11 is 6.78. The summed E-state index contributed by atoms with van der Waals surface area (Å²) in [4.78, 5) is 10.9. The SMILES string of the molecule is O=C(Cl)C1=CC=CN2SNC=C12. The number of nitrogens with one attached hydrogen (secondary N) is 1. The van der Waals surface area contributed by atoms with E-state index in [0.717, 1.165) is 5.70 Å². The standard InChI is InChI=1S/C7H5ClN2OS/c8-7(11)5-2-1-3-10-6(5)4-9-12-10/h1-4,9H. The number of carbonyl (C=O) groups excluding carboxylic acids is 1. The molecule has 1 N–H and O–H groups in total. The molecule has 0 unspecified atom stereocenters. The highest BCUT2D eigenvalue weighted by Gasteiger charge is 2.23. The fraction of sp³-hybridized carbons (Fsp3) is 0. The van der Waals surface area contributed by atoms with E-state index in [9.17, 15) is 4.79 Å². The van der Waals surface area contributed by atoms with Crippen molar-refractivity contribution in [1.82, 2.24) is 9.03 Å². The van der Waals surface area contributed by atoms with E-state index < -0.39 is 5.24 Å². The minimum absolute atomic E-state index is 0.431. The van der Waals surface area contributed by atoms with Gasteiger partial charge in [0.05, 0.1) is 23.4 Å². The van der Waals surface area contributed by atoms with Crippen molar-refractivity contribution in [2.24, 2.45) is 0 Å². The Kier molecular flexibility index (Phi) is 1.86. The van der Waals surface area contributed by atoms with E-state index in [1.165, 1.54) is 12.1 Å². The summed E-state index contributed by atoms with van der Waals surface area (Å²) < 4.78 is 4.77. The third kappa shape index (κ3) is 1.13. The van der Waals surface area contributed by atoms with Crippen LogP contribution < -0.4 is 4.72 Å². The number of fused-ring (bicyclic) bond motifs is 1. The van der Waals surface area contributed by atoms with E-state index in [-0.39, 0.29) is 0 Å². The van der Waals surface area contributed by atoms with Crippen LogP contribution in [0.4, 0.5) is 0 Å². The van der Waals surface area contributed by atoms with Gasteiger partial charge in [-0.05, 0) is 23.8 Å². The van der Waals surface area contributed by atoms with Gasteiger partial charge in [-0.3, -0.25) is 9.10 Å². The molecule has 0 atom stereocenters. The molecule has 62 valence electrons. The van der Waals surface area contributed by atoms with Crippen molar-refractivity contribution in [2.45, 2.75) is 0 Å². The number of rotatable bonds is 1. The van der Waals surface area contributed by atoms with E-state index >= 15 is 0 Å². The zero-order chi connectivity index (χ0) is 8.55. The number of nitrogens with zero attached hydrogens (tertiary/aromatic N) is 1. The van der Waals surface area contributed by atoms with Crippen LogP contribution >= 0.6 is 23.7 Å². The van der Waals surface area contributed by atoms with Gasteiger partial charge < -0.3 is 4.72 Å². The summed E-state index contributed by atoms with van der Waals surface area (Å²) in [6, 6.07) is 0. The van der Waals surface area contributed by atoms with Crippen LogP contribution in [0.25, 0.3) is 0 Å². The van der Waals surface area contributed by atoms with Gasteiger partial charge in [0.2, 0.25) is 0 Å². The van der Waals surface area contributed by atoms with Crippen molar-refractivity contribution in [3.8, 4) is 0 Å². The molecule has 2 rings (SSSR count). The van der Waals surface area contributed by atoms with E-state index in [1.807, 2.05) is 10.5 Å². The molecule has 0 aromatic carbocycles. The first-order chi connectivity index (χ1) is 5.79. The first kappa shape index (κ1) is 7.76. The second-order valence-electron chi connectivity index (χ2n) is 2.26. The highest BCUT2D eigenvalue weighted by molar-refractivity contribution is 7.95. The fourth-order valence-electron chi connectivity index (χ4n) is 1.03. The second kappa shape index (κ2) is 2.88. The number of allylic oxidation sites excluding steroid dienone is 3. The molecular formula is C7H5ClN2OS. The Bertz CT molecular complexity index is 321. The van der Waals surface area contributed by atoms with Gasteiger partial charge in [0.25, 0.3) is 5.24 Å². The predicted octanol–water partition coefficient (Wildman–Crippen LogP) is 1.52. The average Bonchev–Trinajstić information content (AvgIpc) is 2.49. The molecule has 0 bridgehead atoms. The van der Waals surface area contributed by atoms with E-state index in [4.69, 9.17) is 11.6 Å². The second-order valence-corrected chi connectivity index (χ2v) is 3.42. The molecule has 0 saturated carbocycles. The lowest BCUT2D eigenvalue weighted by Gasteiger charge is -2.17. The maximum absolute atomic E-state index is 10.9. The Labute approximate surface area is 79.0 Å². The van der Waals surface area contributed by atoms with E-state index in [0.29, 0.717) is 5.57 Å². The van der Waals surface area contributed by atoms with Crippen molar-refractivity contribution >= 4 is 29.0 Å². The van der Waals surface area contributed by atoms with Gasteiger partial charge in [-0.1, -0.05) is 0 Å². The predicted molar refractivity (Wildman–Crippen MR) is 48.7 cm³/mol. The molecule has 2 aliphatic rings. The van der Waals surface area contributed by atoms with Crippen molar-refractivity contribution in [1.29, 1.82) is 0 Å². The Morgan fingerprint density at radius 2 is 2.50 bits per heavy atom. The summed E-state index contributed by atoms with van der Waals surface area (Å²) in [7, 11) is 0. The molecule has 0 amide bonds. The summed E-state index contributed by atoms with van der Waals surface area (Å²) in [5.41, 5.74) is 1.33. The molecule has 2 aliphatic heterocycles. The summed E-state index contributed by atoms with van der Waals surface area (Å²) in [6.45, 7) is 0. The molecule has 0 aliphatic carbocycles. The van der Waals surface area contributed by atoms with Gasteiger partial charge in [0, 0.05) is 12.4 Å². The van der Waals surface area contributed by atoms with Crippen molar-refractivity contribution in [3.63, 3.8) is 0 Å². The summed E-state index contributed by atoms with van der Waals surface area (Å²) in [5.74, 6) is 0. The molecule has 0 spiro atoms. The molecule has 5 heteroatoms. The van der Waals surface area contributed by atoms with Gasteiger partial charge in [0.15, 0.2) is 0 Å². The van der Waals surface area contributed by atoms with Crippen LogP contribution in [-0.4, -0.2) is 9.55 Å². The van der Waals surface area contributed by atoms with Gasteiger partial charge in [-0.15, -0.1) is 0 Å². The quantitative estimate of drug-likeness (QED) is 0.514. The number of halogens is 1. The molecule has 0 radical (unpaired) electrons. The number of carbonyl (C=O) groups is 1. The number of hydrogen-bond donors (Lipinski definition) is 1. The van der Waals surface area contributed by atoms with Gasteiger partial charge in [-0.25, -0.2) is 0 Å². The topological polar surface area (TPSA) is 32.3 Å².